The number of nitrogens with zero attached hydrogens (tertiary/aromatic N) is 1. The minimum atomic E-state index is -0.438. The standard InChI is InChI=1S/C16H25N3O2/c1-16(2,3)21-15(20)19-9-8-14(11-19)18-10-12-4-6-13(17)7-5-12/h4-7,14,18H,8-11,17H2,1-3H3/t14-/m0/s1. The van der Waals surface area contributed by atoms with Gasteiger partial charge in [0.25, 0.3) is 0 Å². The number of likely N-dealkylation sites (tertiary alicyclic amines) is 1. The van der Waals surface area contributed by atoms with Crippen LogP contribution in [0.15, 0.2) is 24.3 Å². The van der Waals surface area contributed by atoms with Gasteiger partial charge < -0.3 is 20.7 Å². The zero-order valence-corrected chi connectivity index (χ0v) is 13.1. The maximum absolute atomic E-state index is 12.0. The fraction of sp³-hybridized carbons (Fsp3) is 0.562. The highest BCUT2D eigenvalue weighted by atomic mass is 16.6. The van der Waals surface area contributed by atoms with Crippen LogP contribution in [0.1, 0.15) is 32.8 Å². The highest BCUT2D eigenvalue weighted by Crippen LogP contribution is 2.16. The maximum Gasteiger partial charge on any atom is 0.410 e. The first kappa shape index (κ1) is 15.6. The van der Waals surface area contributed by atoms with Crippen molar-refractivity contribution in [3.05, 3.63) is 29.8 Å². The van der Waals surface area contributed by atoms with E-state index in [1.54, 1.807) is 4.90 Å². The largest absolute Gasteiger partial charge is 0.444 e. The molecule has 5 heteroatoms. The van der Waals surface area contributed by atoms with Crippen LogP contribution < -0.4 is 11.1 Å². The van der Waals surface area contributed by atoms with Crippen molar-refractivity contribution in [1.29, 1.82) is 0 Å². The molecule has 5 nitrogen and oxygen atoms in total. The lowest BCUT2D eigenvalue weighted by Crippen LogP contribution is -2.38. The smallest absolute Gasteiger partial charge is 0.410 e. The number of anilines is 1. The Morgan fingerprint density at radius 1 is 1.38 bits per heavy atom. The molecule has 1 saturated heterocycles. The third kappa shape index (κ3) is 4.93. The van der Waals surface area contributed by atoms with E-state index in [-0.39, 0.29) is 6.09 Å². The SMILES string of the molecule is CC(C)(C)OC(=O)N1CC[C@H](NCc2ccc(N)cc2)C1. The van der Waals surface area contributed by atoms with Crippen molar-refractivity contribution in [3.8, 4) is 0 Å². The van der Waals surface area contributed by atoms with Crippen LogP contribution in [0.2, 0.25) is 0 Å². The van der Waals surface area contributed by atoms with Crippen LogP contribution in [-0.2, 0) is 11.3 Å². The molecule has 1 amide bonds. The number of hydrogen-bond donors (Lipinski definition) is 2. The van der Waals surface area contributed by atoms with Crippen LogP contribution >= 0.6 is 0 Å². The van der Waals surface area contributed by atoms with Gasteiger partial charge in [-0.05, 0) is 44.9 Å². The number of rotatable bonds is 3. The Bertz CT molecular complexity index is 479. The summed E-state index contributed by atoms with van der Waals surface area (Å²) in [5, 5.41) is 3.47. The molecule has 1 aliphatic rings. The lowest BCUT2D eigenvalue weighted by molar-refractivity contribution is 0.0291. The van der Waals surface area contributed by atoms with E-state index in [0.717, 1.165) is 25.2 Å². The lowest BCUT2D eigenvalue weighted by atomic mass is 10.2. The fourth-order valence-corrected chi connectivity index (χ4v) is 2.32. The number of amides is 1. The number of nitrogen functional groups attached to an aromatic ring is 1. The number of carbonyl (C=O) groups excluding carboxylic acids is 1. The number of ether oxygens (including phenoxy) is 1. The molecular weight excluding hydrogens is 266 g/mol. The number of benzene rings is 1. The molecule has 0 spiro atoms. The van der Waals surface area contributed by atoms with Gasteiger partial charge in [-0.3, -0.25) is 0 Å². The predicted octanol–water partition coefficient (Wildman–Crippen LogP) is 2.37. The summed E-state index contributed by atoms with van der Waals surface area (Å²) in [6.07, 6.45) is 0.730. The van der Waals surface area contributed by atoms with Gasteiger partial charge in [0.1, 0.15) is 5.60 Å². The second-order valence-corrected chi connectivity index (χ2v) is 6.53. The Hall–Kier alpha value is -1.75. The Morgan fingerprint density at radius 3 is 2.67 bits per heavy atom. The first-order valence-electron chi connectivity index (χ1n) is 7.39. The van der Waals surface area contributed by atoms with E-state index in [0.29, 0.717) is 12.6 Å². The maximum atomic E-state index is 12.0. The molecule has 1 aliphatic heterocycles. The molecule has 1 aromatic carbocycles. The molecule has 1 fully saturated rings. The topological polar surface area (TPSA) is 67.6 Å². The molecule has 116 valence electrons. The summed E-state index contributed by atoms with van der Waals surface area (Å²) in [6.45, 7) is 7.89. The Balaban J connectivity index is 1.77. The summed E-state index contributed by atoms with van der Waals surface area (Å²) < 4.78 is 5.39. The van der Waals surface area contributed by atoms with E-state index in [2.05, 4.69) is 5.32 Å². The molecule has 1 atom stereocenters. The third-order valence-electron chi connectivity index (χ3n) is 3.41. The number of nitrogens with two attached hydrogens (primary N) is 1. The molecule has 0 saturated carbocycles. The van der Waals surface area contributed by atoms with Crippen molar-refractivity contribution in [2.45, 2.75) is 45.4 Å². The fourth-order valence-electron chi connectivity index (χ4n) is 2.32. The van der Waals surface area contributed by atoms with Gasteiger partial charge in [0.2, 0.25) is 0 Å². The van der Waals surface area contributed by atoms with Crippen LogP contribution in [0.5, 0.6) is 0 Å². The number of nitrogens with one attached hydrogen (secondary N) is 1. The Kier molecular flexibility index (Phi) is 4.73. The molecule has 0 unspecified atom stereocenters. The first-order valence-corrected chi connectivity index (χ1v) is 7.39. The van der Waals surface area contributed by atoms with Crippen molar-refractivity contribution >= 4 is 11.8 Å². The Morgan fingerprint density at radius 2 is 2.05 bits per heavy atom. The zero-order valence-electron chi connectivity index (χ0n) is 13.1. The first-order chi connectivity index (χ1) is 9.83. The van der Waals surface area contributed by atoms with Crippen LogP contribution in [0.25, 0.3) is 0 Å². The van der Waals surface area contributed by atoms with Crippen molar-refractivity contribution in [2.75, 3.05) is 18.8 Å². The molecule has 0 bridgehead atoms. The Labute approximate surface area is 126 Å². The summed E-state index contributed by atoms with van der Waals surface area (Å²) in [5.74, 6) is 0. The van der Waals surface area contributed by atoms with Crippen molar-refractivity contribution in [3.63, 3.8) is 0 Å². The van der Waals surface area contributed by atoms with Gasteiger partial charge in [0.05, 0.1) is 0 Å². The molecule has 0 aliphatic carbocycles. The minimum absolute atomic E-state index is 0.223. The number of hydrogen-bond acceptors (Lipinski definition) is 4. The normalized spacial score (nSPS) is 18.8. The second kappa shape index (κ2) is 6.35. The summed E-state index contributed by atoms with van der Waals surface area (Å²) in [7, 11) is 0. The van der Waals surface area contributed by atoms with Crippen LogP contribution in [0.4, 0.5) is 10.5 Å². The van der Waals surface area contributed by atoms with Crippen LogP contribution in [-0.4, -0.2) is 35.7 Å². The van der Waals surface area contributed by atoms with Crippen molar-refractivity contribution in [1.82, 2.24) is 10.2 Å². The van der Waals surface area contributed by atoms with E-state index in [1.807, 2.05) is 45.0 Å². The molecule has 2 rings (SSSR count). The van der Waals surface area contributed by atoms with Gasteiger partial charge in [-0.25, -0.2) is 4.79 Å². The molecule has 0 aromatic heterocycles. The average Bonchev–Trinajstić information content (AvgIpc) is 2.85. The summed E-state index contributed by atoms with van der Waals surface area (Å²) in [6, 6.07) is 8.15. The monoisotopic (exact) mass is 291 g/mol. The zero-order chi connectivity index (χ0) is 15.5. The third-order valence-corrected chi connectivity index (χ3v) is 3.41. The second-order valence-electron chi connectivity index (χ2n) is 6.53. The molecular formula is C16H25N3O2. The lowest BCUT2D eigenvalue weighted by Gasteiger charge is -2.24. The van der Waals surface area contributed by atoms with E-state index in [9.17, 15) is 4.79 Å². The van der Waals surface area contributed by atoms with Crippen LogP contribution in [0, 0.1) is 0 Å². The molecule has 3 N–H and O–H groups in total. The summed E-state index contributed by atoms with van der Waals surface area (Å²) >= 11 is 0. The van der Waals surface area contributed by atoms with E-state index < -0.39 is 5.60 Å². The van der Waals surface area contributed by atoms with Crippen molar-refractivity contribution in [2.24, 2.45) is 0 Å². The van der Waals surface area contributed by atoms with Gasteiger partial charge >= 0.3 is 6.09 Å². The quantitative estimate of drug-likeness (QED) is 0.839. The molecule has 21 heavy (non-hydrogen) atoms. The van der Waals surface area contributed by atoms with E-state index in [1.165, 1.54) is 5.56 Å². The molecule has 1 aromatic rings. The van der Waals surface area contributed by atoms with E-state index in [4.69, 9.17) is 10.5 Å². The van der Waals surface area contributed by atoms with Gasteiger partial charge in [-0.1, -0.05) is 12.1 Å². The summed E-state index contributed by atoms with van der Waals surface area (Å²) in [5.41, 5.74) is 7.20. The van der Waals surface area contributed by atoms with E-state index >= 15 is 0 Å². The molecule has 1 heterocycles. The highest BCUT2D eigenvalue weighted by molar-refractivity contribution is 5.68. The van der Waals surface area contributed by atoms with Gasteiger partial charge in [0.15, 0.2) is 0 Å². The average molecular weight is 291 g/mol. The van der Waals surface area contributed by atoms with Gasteiger partial charge in [-0.15, -0.1) is 0 Å². The summed E-state index contributed by atoms with van der Waals surface area (Å²) in [4.78, 5) is 13.8. The van der Waals surface area contributed by atoms with Crippen LogP contribution in [0.3, 0.4) is 0 Å². The number of carbonyl (C=O) groups is 1. The highest BCUT2D eigenvalue weighted by Gasteiger charge is 2.29. The van der Waals surface area contributed by atoms with Gasteiger partial charge in [0, 0.05) is 31.4 Å². The minimum Gasteiger partial charge on any atom is -0.444 e. The predicted molar refractivity (Wildman–Crippen MR) is 83.9 cm³/mol. The van der Waals surface area contributed by atoms with Crippen molar-refractivity contribution < 1.29 is 9.53 Å². The van der Waals surface area contributed by atoms with Gasteiger partial charge in [-0.2, -0.15) is 0 Å². The molecule has 0 radical (unpaired) electrons.